The Morgan fingerprint density at radius 3 is 0.515 bits per heavy atom. The minimum absolute atomic E-state index is 0.0554. The molecule has 8 bridgehead atoms. The van der Waals surface area contributed by atoms with Crippen molar-refractivity contribution in [3.05, 3.63) is 228 Å². The lowest BCUT2D eigenvalue weighted by atomic mass is 9.75. The van der Waals surface area contributed by atoms with Crippen molar-refractivity contribution in [3.8, 4) is 46.0 Å². The van der Waals surface area contributed by atoms with Crippen LogP contribution in [0.15, 0.2) is 139 Å². The molecule has 9 rings (SSSR count). The van der Waals surface area contributed by atoms with Crippen molar-refractivity contribution in [2.75, 3.05) is 0 Å². The van der Waals surface area contributed by atoms with Crippen molar-refractivity contribution >= 4 is 63.7 Å². The van der Waals surface area contributed by atoms with Gasteiger partial charge in [-0.2, -0.15) is 0 Å². The van der Waals surface area contributed by atoms with Crippen LogP contribution in [0.5, 0.6) is 46.0 Å². The number of fused-ring (bicyclic) bond motifs is 8. The van der Waals surface area contributed by atoms with Gasteiger partial charge in [0, 0.05) is 68.2 Å². The maximum atomic E-state index is 12.3. The third-order valence-electron chi connectivity index (χ3n) is 13.2. The molecular weight excluding hydrogens is 1120 g/mol. The van der Waals surface area contributed by atoms with Gasteiger partial charge in [0.2, 0.25) is 0 Å². The Hall–Kier alpha value is -5.92. The summed E-state index contributed by atoms with van der Waals surface area (Å²) >= 11 is 14.2. The lowest BCUT2D eigenvalue weighted by molar-refractivity contribution is 0.425. The Kier molecular flexibility index (Phi) is 12.6. The maximum Gasteiger partial charge on any atom is 0.137 e. The summed E-state index contributed by atoms with van der Waals surface area (Å²) in [6, 6.07) is 36.9. The van der Waals surface area contributed by atoms with Gasteiger partial charge in [0.05, 0.1) is 0 Å². The van der Waals surface area contributed by atoms with Crippen LogP contribution in [0.3, 0.4) is 0 Å². The highest BCUT2D eigenvalue weighted by molar-refractivity contribution is 9.11. The van der Waals surface area contributed by atoms with Crippen LogP contribution in [0.1, 0.15) is 113 Å². The van der Waals surface area contributed by atoms with E-state index < -0.39 is 23.7 Å². The Morgan fingerprint density at radius 1 is 0.250 bits per heavy atom. The fraction of sp³-hybridized carbons (Fsp3) is 0.143. The van der Waals surface area contributed by atoms with Crippen LogP contribution in [0.4, 0.5) is 0 Å². The summed E-state index contributed by atoms with van der Waals surface area (Å²) in [5.41, 5.74) is 8.29. The molecule has 0 spiro atoms. The lowest BCUT2D eigenvalue weighted by Gasteiger charge is -2.31. The topological polar surface area (TPSA) is 162 Å². The molecule has 0 radical (unpaired) electrons. The van der Waals surface area contributed by atoms with E-state index in [-0.39, 0.29) is 108 Å². The Bertz CT molecular complexity index is 2740. The molecule has 8 nitrogen and oxygen atoms in total. The van der Waals surface area contributed by atoms with Crippen LogP contribution in [0.25, 0.3) is 0 Å². The molecule has 8 aromatic carbocycles. The van der Waals surface area contributed by atoms with E-state index in [4.69, 9.17) is 0 Å². The van der Waals surface area contributed by atoms with Gasteiger partial charge in [-0.05, 0) is 138 Å². The Labute approximate surface area is 427 Å². The maximum absolute atomic E-state index is 12.3. The monoisotopic (exact) mass is 1160 g/mol. The number of halogens is 4. The van der Waals surface area contributed by atoms with Crippen molar-refractivity contribution in [2.45, 2.75) is 51.4 Å². The second kappa shape index (κ2) is 18.2. The van der Waals surface area contributed by atoms with Crippen molar-refractivity contribution < 1.29 is 40.9 Å². The highest BCUT2D eigenvalue weighted by Gasteiger charge is 2.38. The van der Waals surface area contributed by atoms with E-state index in [1.54, 1.807) is 24.3 Å². The largest absolute Gasteiger partial charge is 0.506 e. The number of benzene rings is 8. The first-order chi connectivity index (χ1) is 32.4. The van der Waals surface area contributed by atoms with Gasteiger partial charge in [0.25, 0.3) is 0 Å². The second-order valence-electron chi connectivity index (χ2n) is 17.6. The van der Waals surface area contributed by atoms with Crippen LogP contribution < -0.4 is 0 Å². The van der Waals surface area contributed by atoms with Gasteiger partial charge in [-0.15, -0.1) is 0 Å². The predicted molar refractivity (Wildman–Crippen MR) is 278 cm³/mol. The van der Waals surface area contributed by atoms with Crippen LogP contribution >= 0.6 is 63.7 Å². The highest BCUT2D eigenvalue weighted by Crippen LogP contribution is 2.58. The number of aromatic hydroxyl groups is 8. The first-order valence-corrected chi connectivity index (χ1v) is 24.8. The molecule has 0 amide bonds. The van der Waals surface area contributed by atoms with Gasteiger partial charge >= 0.3 is 0 Å². The highest BCUT2D eigenvalue weighted by atomic mass is 79.9. The fourth-order valence-corrected chi connectivity index (χ4v) is 11.4. The molecule has 0 fully saturated rings. The van der Waals surface area contributed by atoms with Crippen molar-refractivity contribution in [1.29, 1.82) is 0 Å². The van der Waals surface area contributed by atoms with Gasteiger partial charge in [0.15, 0.2) is 0 Å². The summed E-state index contributed by atoms with van der Waals surface area (Å²) in [4.78, 5) is 0. The average Bonchev–Trinajstić information content (AvgIpc) is 3.32. The molecule has 0 heterocycles. The summed E-state index contributed by atoms with van der Waals surface area (Å²) < 4.78 is -0.222. The van der Waals surface area contributed by atoms with Gasteiger partial charge in [-0.25, -0.2) is 0 Å². The number of hydrogen-bond donors (Lipinski definition) is 8. The van der Waals surface area contributed by atoms with E-state index in [0.717, 1.165) is 22.3 Å². The third kappa shape index (κ3) is 7.98. The number of aryl methyl sites for hydroxylation is 4. The van der Waals surface area contributed by atoms with E-state index in [1.165, 1.54) is 0 Å². The number of phenols is 8. The molecular formula is C56H44Br4O8. The zero-order valence-electron chi connectivity index (χ0n) is 36.9. The summed E-state index contributed by atoms with van der Waals surface area (Å²) in [6.45, 7) is 7.77. The molecule has 8 N–H and O–H groups in total. The Morgan fingerprint density at radius 2 is 0.382 bits per heavy atom. The Balaban J connectivity index is 1.54. The van der Waals surface area contributed by atoms with Crippen molar-refractivity contribution in [3.63, 3.8) is 0 Å². The van der Waals surface area contributed by atoms with E-state index in [9.17, 15) is 40.9 Å². The normalized spacial score (nSPS) is 16.7. The first kappa shape index (κ1) is 47.2. The van der Waals surface area contributed by atoms with E-state index >= 15 is 0 Å². The number of rotatable bonds is 4. The van der Waals surface area contributed by atoms with Gasteiger partial charge in [-0.3, -0.25) is 0 Å². The van der Waals surface area contributed by atoms with E-state index in [2.05, 4.69) is 63.7 Å². The summed E-state index contributed by atoms with van der Waals surface area (Å²) in [5.74, 6) is -6.64. The molecule has 0 unspecified atom stereocenters. The smallest absolute Gasteiger partial charge is 0.137 e. The summed E-state index contributed by atoms with van der Waals surface area (Å²) in [5, 5.41) is 98.7. The zero-order chi connectivity index (χ0) is 48.6. The number of hydrogen-bond acceptors (Lipinski definition) is 8. The molecule has 0 saturated carbocycles. The molecule has 0 atom stereocenters. The molecule has 12 heteroatoms. The van der Waals surface area contributed by atoms with Crippen LogP contribution in [-0.4, -0.2) is 40.9 Å². The molecule has 1 aliphatic rings. The predicted octanol–water partition coefficient (Wildman–Crippen LogP) is 14.6. The van der Waals surface area contributed by atoms with Gasteiger partial charge < -0.3 is 40.9 Å². The zero-order valence-corrected chi connectivity index (χ0v) is 43.3. The molecule has 8 aromatic rings. The molecule has 68 heavy (non-hydrogen) atoms. The first-order valence-electron chi connectivity index (χ1n) is 21.6. The second-order valence-corrected chi connectivity index (χ2v) is 20.8. The van der Waals surface area contributed by atoms with E-state index in [1.807, 2.05) is 125 Å². The summed E-state index contributed by atoms with van der Waals surface area (Å²) in [6.07, 6.45) is 0. The van der Waals surface area contributed by atoms with Gasteiger partial charge in [0.1, 0.15) is 63.9 Å². The molecule has 0 aromatic heterocycles. The summed E-state index contributed by atoms with van der Waals surface area (Å²) in [7, 11) is 0. The van der Waals surface area contributed by atoms with Crippen LogP contribution in [-0.2, 0) is 0 Å². The molecule has 0 saturated heterocycles. The SMILES string of the molecule is Cc1ccc(C2c3cc(c(O)c(Br)c3O)C(c3ccc(C)cc3)c3cc(c(O)c(Br)c3O)C(c3ccc(C)cc3)c3cc(c(O)c(Br)c3O)C(c3ccc(C)cc3)c3cc2c(O)c(Br)c3O)cc1. The fourth-order valence-electron chi connectivity index (χ4n) is 9.58. The third-order valence-corrected chi connectivity index (χ3v) is 16.2. The standard InChI is InChI=1S/C56H44Br4O8/c1-25-5-13-29(14-6-25)41-33-21-35(51(63)45(57)49(33)61)42(30-15-7-26(2)8-16-30)37-23-39(55(67)47(59)53(37)65)44(32-19-11-28(4)12-20-32)40-24-38(54(66)48(60)56(40)68)43(31-17-9-27(3)10-18-31)36-22-34(41)50(62)46(58)52(36)64/h5-24,41-44,61-68H,1-4H3. The van der Waals surface area contributed by atoms with Crippen LogP contribution in [0.2, 0.25) is 0 Å². The van der Waals surface area contributed by atoms with Gasteiger partial charge in [-0.1, -0.05) is 119 Å². The average molecular weight is 1160 g/mol. The van der Waals surface area contributed by atoms with Crippen molar-refractivity contribution in [2.24, 2.45) is 0 Å². The van der Waals surface area contributed by atoms with Crippen molar-refractivity contribution in [1.82, 2.24) is 0 Å². The van der Waals surface area contributed by atoms with E-state index in [0.29, 0.717) is 22.3 Å². The number of phenolic OH excluding ortho intramolecular Hbond substituents is 8. The molecule has 0 aliphatic heterocycles. The molecule has 344 valence electrons. The lowest BCUT2D eigenvalue weighted by Crippen LogP contribution is -2.14. The molecule has 1 aliphatic carbocycles. The quantitative estimate of drug-likeness (QED) is 0.0864. The minimum Gasteiger partial charge on any atom is -0.506 e. The minimum atomic E-state index is -0.996. The van der Waals surface area contributed by atoms with Crippen LogP contribution in [0, 0.1) is 27.7 Å².